The van der Waals surface area contributed by atoms with Crippen LogP contribution in [0.3, 0.4) is 0 Å². The Bertz CT molecular complexity index is 539. The molecule has 0 heterocycles. The fraction of sp³-hybridized carbons (Fsp3) is 0.353. The van der Waals surface area contributed by atoms with Crippen LogP contribution in [0.4, 0.5) is 0 Å². The van der Waals surface area contributed by atoms with Crippen molar-refractivity contribution in [2.24, 2.45) is 0 Å². The molecule has 0 spiro atoms. The maximum atomic E-state index is 12.0. The molecule has 2 heteroatoms. The first-order valence-corrected chi connectivity index (χ1v) is 6.78. The number of rotatable bonds is 2. The van der Waals surface area contributed by atoms with E-state index < -0.39 is 0 Å². The molecule has 0 fully saturated rings. The largest absolute Gasteiger partial charge is 0.496 e. The summed E-state index contributed by atoms with van der Waals surface area (Å²) in [6, 6.07) is 8.95. The fourth-order valence-electron chi connectivity index (χ4n) is 2.14. The molecule has 0 aliphatic heterocycles. The van der Waals surface area contributed by atoms with E-state index in [1.165, 1.54) is 5.57 Å². The lowest BCUT2D eigenvalue weighted by atomic mass is 9.94. The van der Waals surface area contributed by atoms with Gasteiger partial charge in [-0.2, -0.15) is 0 Å². The molecule has 1 aliphatic carbocycles. The van der Waals surface area contributed by atoms with Crippen LogP contribution in [0.5, 0.6) is 0 Å². The number of methoxy groups -OCH3 is 1. The molecule has 0 bridgehead atoms. The van der Waals surface area contributed by atoms with Gasteiger partial charge in [-0.25, -0.2) is 0 Å². The Morgan fingerprint density at radius 1 is 1.11 bits per heavy atom. The van der Waals surface area contributed by atoms with E-state index in [0.29, 0.717) is 5.56 Å². The average Bonchev–Trinajstić information content (AvgIpc) is 2.65. The number of allylic oxidation sites excluding steroid dienone is 3. The summed E-state index contributed by atoms with van der Waals surface area (Å²) in [5, 5.41) is 0. The minimum Gasteiger partial charge on any atom is -0.496 e. The maximum absolute atomic E-state index is 12.0. The van der Waals surface area contributed by atoms with Gasteiger partial charge in [-0.15, -0.1) is 0 Å². The van der Waals surface area contributed by atoms with Crippen LogP contribution >= 0.6 is 0 Å². The highest BCUT2D eigenvalue weighted by Gasteiger charge is 2.16. The van der Waals surface area contributed by atoms with Crippen LogP contribution in [0, 0.1) is 0 Å². The summed E-state index contributed by atoms with van der Waals surface area (Å²) in [5.41, 5.74) is 2.88. The fourth-order valence-corrected chi connectivity index (χ4v) is 2.14. The molecule has 2 nitrogen and oxygen atoms in total. The molecule has 0 unspecified atom stereocenters. The van der Waals surface area contributed by atoms with Gasteiger partial charge in [0.15, 0.2) is 5.43 Å². The summed E-state index contributed by atoms with van der Waals surface area (Å²) < 4.78 is 5.43. The smallest absolute Gasteiger partial charge is 0.186 e. The van der Waals surface area contributed by atoms with Gasteiger partial charge in [0.2, 0.25) is 0 Å². The topological polar surface area (TPSA) is 26.3 Å². The van der Waals surface area contributed by atoms with Crippen molar-refractivity contribution in [3.8, 4) is 0 Å². The second-order valence-electron chi connectivity index (χ2n) is 4.16. The Morgan fingerprint density at radius 2 is 1.79 bits per heavy atom. The predicted molar refractivity (Wildman–Crippen MR) is 81.0 cm³/mol. The summed E-state index contributed by atoms with van der Waals surface area (Å²) in [4.78, 5) is 12.0. The Labute approximate surface area is 115 Å². The summed E-state index contributed by atoms with van der Waals surface area (Å²) in [6.07, 6.45) is 4.05. The third-order valence-electron chi connectivity index (χ3n) is 2.99. The molecule has 19 heavy (non-hydrogen) atoms. The standard InChI is InChI=1S/C15H16O2.C2H6/c1-11-7-6-9-13(15(11)17-2)12-8-4-3-5-10-14(12)16;1-2/h3-5,8-10H,6-7H2,1-2H3;1-2H3. The van der Waals surface area contributed by atoms with Crippen LogP contribution in [-0.2, 0) is 4.74 Å². The quantitative estimate of drug-likeness (QED) is 0.795. The Kier molecular flexibility index (Phi) is 6.07. The van der Waals surface area contributed by atoms with Crippen molar-refractivity contribution in [2.75, 3.05) is 7.11 Å². The van der Waals surface area contributed by atoms with E-state index in [2.05, 4.69) is 13.0 Å². The van der Waals surface area contributed by atoms with Crippen molar-refractivity contribution in [2.45, 2.75) is 33.6 Å². The Balaban J connectivity index is 0.000000861. The highest BCUT2D eigenvalue weighted by molar-refractivity contribution is 5.78. The van der Waals surface area contributed by atoms with Gasteiger partial charge in [0.05, 0.1) is 7.11 Å². The van der Waals surface area contributed by atoms with Crippen molar-refractivity contribution < 1.29 is 4.74 Å². The molecule has 1 aliphatic rings. The second-order valence-corrected chi connectivity index (χ2v) is 4.16. The third kappa shape index (κ3) is 3.57. The van der Waals surface area contributed by atoms with Crippen LogP contribution in [0.15, 0.2) is 52.5 Å². The summed E-state index contributed by atoms with van der Waals surface area (Å²) in [5.74, 6) is 0.847. The van der Waals surface area contributed by atoms with E-state index in [1.54, 1.807) is 19.2 Å². The van der Waals surface area contributed by atoms with Gasteiger partial charge in [0.1, 0.15) is 5.76 Å². The van der Waals surface area contributed by atoms with E-state index in [-0.39, 0.29) is 5.43 Å². The highest BCUT2D eigenvalue weighted by Crippen LogP contribution is 2.30. The van der Waals surface area contributed by atoms with Gasteiger partial charge >= 0.3 is 0 Å². The van der Waals surface area contributed by atoms with E-state index in [1.807, 2.05) is 32.0 Å². The van der Waals surface area contributed by atoms with Crippen molar-refractivity contribution >= 4 is 5.57 Å². The Hall–Kier alpha value is -1.83. The minimum absolute atomic E-state index is 0.0329. The van der Waals surface area contributed by atoms with Crippen molar-refractivity contribution in [3.63, 3.8) is 0 Å². The van der Waals surface area contributed by atoms with Gasteiger partial charge in [-0.05, 0) is 31.4 Å². The van der Waals surface area contributed by atoms with Gasteiger partial charge in [-0.1, -0.05) is 44.2 Å². The molecule has 0 saturated heterocycles. The summed E-state index contributed by atoms with van der Waals surface area (Å²) in [7, 11) is 1.66. The molecular weight excluding hydrogens is 236 g/mol. The van der Waals surface area contributed by atoms with Crippen LogP contribution in [0.2, 0.25) is 0 Å². The highest BCUT2D eigenvalue weighted by atomic mass is 16.5. The SMILES string of the molecule is CC.COC1=C(C)CCC=C1c1cccccc1=O. The van der Waals surface area contributed by atoms with E-state index in [4.69, 9.17) is 4.74 Å². The van der Waals surface area contributed by atoms with Crippen LogP contribution < -0.4 is 5.43 Å². The van der Waals surface area contributed by atoms with Crippen molar-refractivity contribution in [1.29, 1.82) is 0 Å². The normalized spacial score (nSPS) is 14.2. The van der Waals surface area contributed by atoms with Gasteiger partial charge < -0.3 is 4.74 Å². The number of ether oxygens (including phenoxy) is 1. The second kappa shape index (κ2) is 7.57. The molecule has 1 aromatic carbocycles. The number of hydrogen-bond donors (Lipinski definition) is 0. The minimum atomic E-state index is 0.0329. The molecular formula is C17H22O2. The van der Waals surface area contributed by atoms with Crippen LogP contribution in [0.25, 0.3) is 5.57 Å². The zero-order chi connectivity index (χ0) is 14.3. The first kappa shape index (κ1) is 15.2. The van der Waals surface area contributed by atoms with Crippen LogP contribution in [0.1, 0.15) is 39.2 Å². The van der Waals surface area contributed by atoms with E-state index in [9.17, 15) is 4.79 Å². The lowest BCUT2D eigenvalue weighted by Crippen LogP contribution is -2.09. The summed E-state index contributed by atoms with van der Waals surface area (Å²) >= 11 is 0. The van der Waals surface area contributed by atoms with Crippen molar-refractivity contribution in [1.82, 2.24) is 0 Å². The molecule has 102 valence electrons. The third-order valence-corrected chi connectivity index (χ3v) is 2.99. The average molecular weight is 258 g/mol. The zero-order valence-corrected chi connectivity index (χ0v) is 12.2. The van der Waals surface area contributed by atoms with Crippen molar-refractivity contribution in [3.05, 3.63) is 63.5 Å². The van der Waals surface area contributed by atoms with Gasteiger partial charge in [0, 0.05) is 11.1 Å². The first-order valence-electron chi connectivity index (χ1n) is 6.78. The van der Waals surface area contributed by atoms with Gasteiger partial charge in [0.25, 0.3) is 0 Å². The monoisotopic (exact) mass is 258 g/mol. The van der Waals surface area contributed by atoms with E-state index in [0.717, 1.165) is 24.2 Å². The lowest BCUT2D eigenvalue weighted by molar-refractivity contribution is 0.303. The first-order chi connectivity index (χ1) is 9.24. The van der Waals surface area contributed by atoms with E-state index >= 15 is 0 Å². The zero-order valence-electron chi connectivity index (χ0n) is 12.2. The summed E-state index contributed by atoms with van der Waals surface area (Å²) in [6.45, 7) is 6.05. The molecule has 0 saturated carbocycles. The number of hydrogen-bond acceptors (Lipinski definition) is 2. The molecule has 0 aromatic heterocycles. The lowest BCUT2D eigenvalue weighted by Gasteiger charge is -2.18. The molecule has 0 N–H and O–H groups in total. The van der Waals surface area contributed by atoms with Crippen LogP contribution in [-0.4, -0.2) is 7.11 Å². The Morgan fingerprint density at radius 3 is 2.47 bits per heavy atom. The van der Waals surface area contributed by atoms with Gasteiger partial charge in [-0.3, -0.25) is 4.79 Å². The molecule has 0 radical (unpaired) electrons. The molecule has 1 aromatic rings. The molecule has 0 atom stereocenters. The maximum Gasteiger partial charge on any atom is 0.186 e. The predicted octanol–water partition coefficient (Wildman–Crippen LogP) is 4.17. The molecule has 0 amide bonds. The molecule has 2 rings (SSSR count).